The summed E-state index contributed by atoms with van der Waals surface area (Å²) in [4.78, 5) is 5.45. The van der Waals surface area contributed by atoms with Crippen molar-refractivity contribution < 1.29 is 0 Å². The number of aromatic nitrogens is 1. The van der Waals surface area contributed by atoms with Crippen molar-refractivity contribution in [2.75, 3.05) is 6.54 Å². The van der Waals surface area contributed by atoms with Gasteiger partial charge < -0.3 is 5.32 Å². The number of nitrogens with one attached hydrogen (secondary N) is 1. The largest absolute Gasteiger partial charge is 0.306 e. The molecule has 0 saturated heterocycles. The first kappa shape index (κ1) is 14.5. The van der Waals surface area contributed by atoms with Crippen molar-refractivity contribution in [3.05, 3.63) is 63.1 Å². The SMILES string of the molecule is CCNC(c1scc(C)c1Cl)c1cccc2ccncc12. The Balaban J connectivity index is 2.18. The zero-order valence-electron chi connectivity index (χ0n) is 12.1. The van der Waals surface area contributed by atoms with Gasteiger partial charge in [-0.15, -0.1) is 11.3 Å². The lowest BCUT2D eigenvalue weighted by Crippen LogP contribution is -2.21. The Morgan fingerprint density at radius 3 is 2.90 bits per heavy atom. The van der Waals surface area contributed by atoms with E-state index in [0.717, 1.165) is 17.1 Å². The Morgan fingerprint density at radius 2 is 2.19 bits per heavy atom. The van der Waals surface area contributed by atoms with E-state index in [0.29, 0.717) is 0 Å². The average molecular weight is 317 g/mol. The summed E-state index contributed by atoms with van der Waals surface area (Å²) in [5.41, 5.74) is 2.36. The third kappa shape index (κ3) is 2.69. The van der Waals surface area contributed by atoms with Crippen LogP contribution in [0.2, 0.25) is 5.02 Å². The summed E-state index contributed by atoms with van der Waals surface area (Å²) in [5, 5.41) is 8.92. The molecule has 1 N–H and O–H groups in total. The van der Waals surface area contributed by atoms with Crippen molar-refractivity contribution in [3.63, 3.8) is 0 Å². The zero-order chi connectivity index (χ0) is 14.8. The van der Waals surface area contributed by atoms with Crippen LogP contribution in [0.5, 0.6) is 0 Å². The van der Waals surface area contributed by atoms with E-state index in [4.69, 9.17) is 11.6 Å². The Bertz CT molecular complexity index is 761. The van der Waals surface area contributed by atoms with Gasteiger partial charge in [-0.25, -0.2) is 0 Å². The molecular formula is C17H17ClN2S. The molecule has 0 aliphatic carbocycles. The first-order chi connectivity index (χ1) is 10.2. The van der Waals surface area contributed by atoms with Crippen LogP contribution >= 0.6 is 22.9 Å². The number of rotatable bonds is 4. The van der Waals surface area contributed by atoms with E-state index < -0.39 is 0 Å². The van der Waals surface area contributed by atoms with Gasteiger partial charge in [0.15, 0.2) is 0 Å². The van der Waals surface area contributed by atoms with Crippen LogP contribution in [0, 0.1) is 6.92 Å². The van der Waals surface area contributed by atoms with Crippen molar-refractivity contribution in [2.24, 2.45) is 0 Å². The second-order valence-electron chi connectivity index (χ2n) is 5.03. The highest BCUT2D eigenvalue weighted by Crippen LogP contribution is 2.37. The fourth-order valence-electron chi connectivity index (χ4n) is 2.58. The number of nitrogens with zero attached hydrogens (tertiary/aromatic N) is 1. The molecule has 2 heterocycles. The van der Waals surface area contributed by atoms with E-state index in [-0.39, 0.29) is 6.04 Å². The highest BCUT2D eigenvalue weighted by Gasteiger charge is 2.20. The molecule has 3 aromatic rings. The molecule has 1 unspecified atom stereocenters. The Kier molecular flexibility index (Phi) is 4.24. The minimum Gasteiger partial charge on any atom is -0.306 e. The molecule has 0 bridgehead atoms. The van der Waals surface area contributed by atoms with Crippen molar-refractivity contribution >= 4 is 33.7 Å². The number of fused-ring (bicyclic) bond motifs is 1. The maximum Gasteiger partial charge on any atom is 0.0692 e. The van der Waals surface area contributed by atoms with E-state index in [1.54, 1.807) is 11.3 Å². The quantitative estimate of drug-likeness (QED) is 0.736. The standard InChI is InChI=1S/C17H17ClN2S/c1-3-20-16(17-15(18)11(2)10-21-17)13-6-4-5-12-7-8-19-9-14(12)13/h4-10,16,20H,3H2,1-2H3. The summed E-state index contributed by atoms with van der Waals surface area (Å²) < 4.78 is 0. The van der Waals surface area contributed by atoms with Gasteiger partial charge in [-0.05, 0) is 41.4 Å². The van der Waals surface area contributed by atoms with Crippen LogP contribution in [0.15, 0.2) is 42.0 Å². The fraction of sp³-hybridized carbons (Fsp3) is 0.235. The van der Waals surface area contributed by atoms with Crippen LogP contribution in [-0.4, -0.2) is 11.5 Å². The highest BCUT2D eigenvalue weighted by atomic mass is 35.5. The first-order valence-corrected chi connectivity index (χ1v) is 8.27. The predicted molar refractivity (Wildman–Crippen MR) is 91.3 cm³/mol. The van der Waals surface area contributed by atoms with Crippen LogP contribution in [0.3, 0.4) is 0 Å². The molecule has 2 aromatic heterocycles. The summed E-state index contributed by atoms with van der Waals surface area (Å²) in [6, 6.07) is 8.52. The molecule has 0 spiro atoms. The number of hydrogen-bond acceptors (Lipinski definition) is 3. The topological polar surface area (TPSA) is 24.9 Å². The maximum absolute atomic E-state index is 6.50. The van der Waals surface area contributed by atoms with E-state index in [1.165, 1.54) is 21.2 Å². The summed E-state index contributed by atoms with van der Waals surface area (Å²) in [5.74, 6) is 0. The number of thiophene rings is 1. The van der Waals surface area contributed by atoms with Crippen LogP contribution in [0.25, 0.3) is 10.8 Å². The zero-order valence-corrected chi connectivity index (χ0v) is 13.6. The number of aryl methyl sites for hydroxylation is 1. The lowest BCUT2D eigenvalue weighted by Gasteiger charge is -2.19. The molecule has 0 fully saturated rings. The average Bonchev–Trinajstić information content (AvgIpc) is 2.84. The first-order valence-electron chi connectivity index (χ1n) is 7.02. The van der Waals surface area contributed by atoms with Crippen molar-refractivity contribution in [1.82, 2.24) is 10.3 Å². The van der Waals surface area contributed by atoms with E-state index in [1.807, 2.05) is 18.5 Å². The molecule has 0 aliphatic rings. The van der Waals surface area contributed by atoms with Gasteiger partial charge in [0.25, 0.3) is 0 Å². The van der Waals surface area contributed by atoms with Gasteiger partial charge in [-0.1, -0.05) is 36.7 Å². The molecule has 0 saturated carbocycles. The Morgan fingerprint density at radius 1 is 1.33 bits per heavy atom. The van der Waals surface area contributed by atoms with E-state index >= 15 is 0 Å². The summed E-state index contributed by atoms with van der Waals surface area (Å²) >= 11 is 8.21. The Labute approximate surface area is 133 Å². The number of benzene rings is 1. The van der Waals surface area contributed by atoms with Gasteiger partial charge in [0, 0.05) is 22.7 Å². The second kappa shape index (κ2) is 6.14. The lowest BCUT2D eigenvalue weighted by atomic mass is 9.98. The Hall–Kier alpha value is -1.42. The molecule has 2 nitrogen and oxygen atoms in total. The maximum atomic E-state index is 6.50. The third-order valence-electron chi connectivity index (χ3n) is 3.62. The van der Waals surface area contributed by atoms with Crippen LogP contribution in [0.4, 0.5) is 0 Å². The molecule has 0 radical (unpaired) electrons. The molecule has 1 aromatic carbocycles. The molecule has 1 atom stereocenters. The van der Waals surface area contributed by atoms with Crippen molar-refractivity contribution in [1.29, 1.82) is 0 Å². The van der Waals surface area contributed by atoms with Gasteiger partial charge in [-0.3, -0.25) is 4.98 Å². The molecule has 108 valence electrons. The van der Waals surface area contributed by atoms with Gasteiger partial charge in [0.2, 0.25) is 0 Å². The van der Waals surface area contributed by atoms with Crippen LogP contribution in [0.1, 0.15) is 29.0 Å². The third-order valence-corrected chi connectivity index (χ3v) is 5.40. The summed E-state index contributed by atoms with van der Waals surface area (Å²) in [6.07, 6.45) is 3.76. The van der Waals surface area contributed by atoms with Crippen LogP contribution < -0.4 is 5.32 Å². The highest BCUT2D eigenvalue weighted by molar-refractivity contribution is 7.10. The second-order valence-corrected chi connectivity index (χ2v) is 6.32. The van der Waals surface area contributed by atoms with E-state index in [9.17, 15) is 0 Å². The smallest absolute Gasteiger partial charge is 0.0692 e. The molecule has 21 heavy (non-hydrogen) atoms. The molecule has 3 rings (SSSR count). The minimum absolute atomic E-state index is 0.106. The summed E-state index contributed by atoms with van der Waals surface area (Å²) in [6.45, 7) is 5.05. The molecular weight excluding hydrogens is 300 g/mol. The van der Waals surface area contributed by atoms with Gasteiger partial charge >= 0.3 is 0 Å². The molecule has 0 aliphatic heterocycles. The fourth-order valence-corrected chi connectivity index (χ4v) is 3.98. The van der Waals surface area contributed by atoms with Gasteiger partial charge in [0.1, 0.15) is 0 Å². The number of pyridine rings is 1. The number of halogens is 1. The van der Waals surface area contributed by atoms with Crippen molar-refractivity contribution in [3.8, 4) is 0 Å². The normalized spacial score (nSPS) is 12.7. The molecule has 4 heteroatoms. The van der Waals surface area contributed by atoms with Gasteiger partial charge in [-0.2, -0.15) is 0 Å². The molecule has 0 amide bonds. The van der Waals surface area contributed by atoms with E-state index in [2.05, 4.69) is 47.7 Å². The van der Waals surface area contributed by atoms with Crippen LogP contribution in [-0.2, 0) is 0 Å². The monoisotopic (exact) mass is 316 g/mol. The van der Waals surface area contributed by atoms with Crippen molar-refractivity contribution in [2.45, 2.75) is 19.9 Å². The predicted octanol–water partition coefficient (Wildman–Crippen LogP) is 4.96. The lowest BCUT2D eigenvalue weighted by molar-refractivity contribution is 0.643. The summed E-state index contributed by atoms with van der Waals surface area (Å²) in [7, 11) is 0. The minimum atomic E-state index is 0.106. The van der Waals surface area contributed by atoms with Gasteiger partial charge in [0.05, 0.1) is 11.1 Å². The number of hydrogen-bond donors (Lipinski definition) is 1.